The van der Waals surface area contributed by atoms with E-state index in [4.69, 9.17) is 27.9 Å². The number of hydrogen-bond acceptors (Lipinski definition) is 2. The van der Waals surface area contributed by atoms with Crippen LogP contribution >= 0.6 is 39.1 Å². The van der Waals surface area contributed by atoms with Crippen molar-refractivity contribution in [3.05, 3.63) is 61.8 Å². The fourth-order valence-electron chi connectivity index (χ4n) is 1.80. The Morgan fingerprint density at radius 3 is 2.50 bits per heavy atom. The standard InChI is InChI=1S/C14H10BrCl2FO2/c1-20-13-6-12(18)9(15)5-8(13)14(19)7-2-3-10(16)11(17)4-7/h2-6,14,19H,1H3. The molecule has 0 saturated heterocycles. The Balaban J connectivity index is 2.49. The summed E-state index contributed by atoms with van der Waals surface area (Å²) in [6.45, 7) is 0. The molecule has 0 heterocycles. The van der Waals surface area contributed by atoms with Gasteiger partial charge in [-0.3, -0.25) is 0 Å². The van der Waals surface area contributed by atoms with Crippen LogP contribution in [0.1, 0.15) is 17.2 Å². The predicted molar refractivity (Wildman–Crippen MR) is 81.2 cm³/mol. The van der Waals surface area contributed by atoms with Gasteiger partial charge in [0.15, 0.2) is 0 Å². The van der Waals surface area contributed by atoms with E-state index in [1.165, 1.54) is 19.2 Å². The van der Waals surface area contributed by atoms with E-state index in [0.29, 0.717) is 21.2 Å². The lowest BCUT2D eigenvalue weighted by Gasteiger charge is -2.16. The molecule has 0 aliphatic heterocycles. The van der Waals surface area contributed by atoms with Crippen LogP contribution in [0.5, 0.6) is 5.75 Å². The zero-order chi connectivity index (χ0) is 14.9. The number of aliphatic hydroxyl groups excluding tert-OH is 1. The number of aliphatic hydroxyl groups is 1. The molecule has 0 aliphatic carbocycles. The third kappa shape index (κ3) is 3.09. The fourth-order valence-corrected chi connectivity index (χ4v) is 2.46. The van der Waals surface area contributed by atoms with Crippen molar-refractivity contribution in [2.24, 2.45) is 0 Å². The van der Waals surface area contributed by atoms with Gasteiger partial charge in [0.2, 0.25) is 0 Å². The largest absolute Gasteiger partial charge is 0.496 e. The maximum Gasteiger partial charge on any atom is 0.141 e. The summed E-state index contributed by atoms with van der Waals surface area (Å²) in [4.78, 5) is 0. The first kappa shape index (κ1) is 15.6. The zero-order valence-corrected chi connectivity index (χ0v) is 13.4. The van der Waals surface area contributed by atoms with Gasteiger partial charge < -0.3 is 9.84 Å². The Bertz CT molecular complexity index is 649. The minimum absolute atomic E-state index is 0.243. The number of methoxy groups -OCH3 is 1. The van der Waals surface area contributed by atoms with Gasteiger partial charge in [0.1, 0.15) is 17.7 Å². The average molecular weight is 380 g/mol. The highest BCUT2D eigenvalue weighted by Gasteiger charge is 2.19. The van der Waals surface area contributed by atoms with E-state index in [-0.39, 0.29) is 10.2 Å². The van der Waals surface area contributed by atoms with Crippen LogP contribution in [-0.4, -0.2) is 12.2 Å². The first-order valence-corrected chi connectivity index (χ1v) is 7.15. The topological polar surface area (TPSA) is 29.5 Å². The lowest BCUT2D eigenvalue weighted by atomic mass is 10.0. The Hall–Kier alpha value is -0.810. The molecular formula is C14H10BrCl2FO2. The molecule has 2 aromatic rings. The van der Waals surface area contributed by atoms with Gasteiger partial charge in [-0.25, -0.2) is 4.39 Å². The molecule has 2 aromatic carbocycles. The minimum Gasteiger partial charge on any atom is -0.496 e. The van der Waals surface area contributed by atoms with Gasteiger partial charge in [-0.15, -0.1) is 0 Å². The van der Waals surface area contributed by atoms with Crippen molar-refractivity contribution in [3.63, 3.8) is 0 Å². The number of halogens is 4. The summed E-state index contributed by atoms with van der Waals surface area (Å²) < 4.78 is 18.8. The van der Waals surface area contributed by atoms with Crippen molar-refractivity contribution in [2.45, 2.75) is 6.10 Å². The zero-order valence-electron chi connectivity index (χ0n) is 10.3. The molecule has 20 heavy (non-hydrogen) atoms. The summed E-state index contributed by atoms with van der Waals surface area (Å²) in [5.41, 5.74) is 0.968. The molecule has 1 N–H and O–H groups in total. The first-order valence-electron chi connectivity index (χ1n) is 5.60. The molecule has 2 nitrogen and oxygen atoms in total. The quantitative estimate of drug-likeness (QED) is 0.814. The molecule has 1 atom stereocenters. The molecule has 0 fully saturated rings. The van der Waals surface area contributed by atoms with E-state index < -0.39 is 11.9 Å². The van der Waals surface area contributed by atoms with Crippen LogP contribution in [0.15, 0.2) is 34.8 Å². The Morgan fingerprint density at radius 2 is 1.90 bits per heavy atom. The highest BCUT2D eigenvalue weighted by molar-refractivity contribution is 9.10. The lowest BCUT2D eigenvalue weighted by molar-refractivity contribution is 0.214. The molecule has 0 spiro atoms. The third-order valence-electron chi connectivity index (χ3n) is 2.83. The van der Waals surface area contributed by atoms with E-state index in [0.717, 1.165) is 0 Å². The second-order valence-electron chi connectivity index (χ2n) is 4.08. The summed E-state index contributed by atoms with van der Waals surface area (Å²) in [5, 5.41) is 11.1. The maximum atomic E-state index is 13.5. The van der Waals surface area contributed by atoms with Crippen LogP contribution in [0.4, 0.5) is 4.39 Å². The summed E-state index contributed by atoms with van der Waals surface area (Å²) >= 11 is 14.9. The van der Waals surface area contributed by atoms with Crippen LogP contribution in [0.3, 0.4) is 0 Å². The Labute approximate surface area is 134 Å². The second-order valence-corrected chi connectivity index (χ2v) is 5.75. The number of benzene rings is 2. The third-order valence-corrected chi connectivity index (χ3v) is 4.17. The van der Waals surface area contributed by atoms with E-state index in [9.17, 15) is 9.50 Å². The van der Waals surface area contributed by atoms with E-state index in [1.807, 2.05) is 0 Å². The Kier molecular flexibility index (Phi) is 4.91. The van der Waals surface area contributed by atoms with Gasteiger partial charge >= 0.3 is 0 Å². The van der Waals surface area contributed by atoms with E-state index in [2.05, 4.69) is 15.9 Å². The van der Waals surface area contributed by atoms with E-state index in [1.54, 1.807) is 18.2 Å². The monoisotopic (exact) mass is 378 g/mol. The van der Waals surface area contributed by atoms with Crippen LogP contribution in [-0.2, 0) is 0 Å². The van der Waals surface area contributed by atoms with Crippen molar-refractivity contribution >= 4 is 39.1 Å². The van der Waals surface area contributed by atoms with Crippen LogP contribution in [0, 0.1) is 5.82 Å². The van der Waals surface area contributed by atoms with Crippen LogP contribution in [0.2, 0.25) is 10.0 Å². The molecule has 106 valence electrons. The smallest absolute Gasteiger partial charge is 0.141 e. The average Bonchev–Trinajstić information content (AvgIpc) is 2.43. The van der Waals surface area contributed by atoms with Crippen molar-refractivity contribution in [3.8, 4) is 5.75 Å². The SMILES string of the molecule is COc1cc(F)c(Br)cc1C(O)c1ccc(Cl)c(Cl)c1. The van der Waals surface area contributed by atoms with Crippen LogP contribution in [0.25, 0.3) is 0 Å². The van der Waals surface area contributed by atoms with Gasteiger partial charge in [-0.2, -0.15) is 0 Å². The molecule has 0 bridgehead atoms. The minimum atomic E-state index is -1.00. The molecule has 1 unspecified atom stereocenters. The molecular weight excluding hydrogens is 370 g/mol. The fraction of sp³-hybridized carbons (Fsp3) is 0.143. The van der Waals surface area contributed by atoms with Crippen LogP contribution < -0.4 is 4.74 Å². The predicted octanol–water partition coefficient (Wildman–Crippen LogP) is 4.99. The van der Waals surface area contributed by atoms with Crippen molar-refractivity contribution in [2.75, 3.05) is 7.11 Å². The van der Waals surface area contributed by atoms with Gasteiger partial charge in [0.05, 0.1) is 21.6 Å². The van der Waals surface area contributed by atoms with Gasteiger partial charge in [-0.1, -0.05) is 29.3 Å². The summed E-state index contributed by atoms with van der Waals surface area (Å²) in [7, 11) is 1.41. The summed E-state index contributed by atoms with van der Waals surface area (Å²) in [5.74, 6) is -0.212. The maximum absolute atomic E-state index is 13.5. The molecule has 0 saturated carbocycles. The van der Waals surface area contributed by atoms with Crippen molar-refractivity contribution < 1.29 is 14.2 Å². The number of rotatable bonds is 3. The van der Waals surface area contributed by atoms with Gasteiger partial charge in [0.25, 0.3) is 0 Å². The second kappa shape index (κ2) is 6.31. The van der Waals surface area contributed by atoms with E-state index >= 15 is 0 Å². The summed E-state index contributed by atoms with van der Waals surface area (Å²) in [6, 6.07) is 7.48. The lowest BCUT2D eigenvalue weighted by Crippen LogP contribution is -2.03. The number of hydrogen-bond donors (Lipinski definition) is 1. The number of ether oxygens (including phenoxy) is 1. The van der Waals surface area contributed by atoms with Crippen molar-refractivity contribution in [1.82, 2.24) is 0 Å². The highest BCUT2D eigenvalue weighted by Crippen LogP contribution is 2.35. The molecule has 0 amide bonds. The van der Waals surface area contributed by atoms with Gasteiger partial charge in [0, 0.05) is 11.6 Å². The molecule has 2 rings (SSSR count). The normalized spacial score (nSPS) is 12.3. The molecule has 0 aromatic heterocycles. The summed E-state index contributed by atoms with van der Waals surface area (Å²) in [6.07, 6.45) is -1.00. The van der Waals surface area contributed by atoms with Gasteiger partial charge in [-0.05, 0) is 39.7 Å². The highest BCUT2D eigenvalue weighted by atomic mass is 79.9. The molecule has 0 aliphatic rings. The Morgan fingerprint density at radius 1 is 1.20 bits per heavy atom. The molecule has 0 radical (unpaired) electrons. The molecule has 6 heteroatoms. The van der Waals surface area contributed by atoms with Crippen molar-refractivity contribution in [1.29, 1.82) is 0 Å². The first-order chi connectivity index (χ1) is 9.43.